The van der Waals surface area contributed by atoms with Crippen LogP contribution in [0.5, 0.6) is 0 Å². The maximum absolute atomic E-state index is 11.7. The molecule has 0 radical (unpaired) electrons. The molecule has 0 bridgehead atoms. The monoisotopic (exact) mass is 281 g/mol. The SMILES string of the molecule is O=C(Cn1cc([N+](=O)[O-])ccc1=O)NCC1CCCO1. The van der Waals surface area contributed by atoms with Crippen molar-refractivity contribution in [2.24, 2.45) is 0 Å². The molecule has 0 aliphatic carbocycles. The second-order valence-electron chi connectivity index (χ2n) is 4.55. The lowest BCUT2D eigenvalue weighted by molar-refractivity contribution is -0.385. The first-order chi connectivity index (χ1) is 9.56. The van der Waals surface area contributed by atoms with E-state index in [9.17, 15) is 19.7 Å². The van der Waals surface area contributed by atoms with Gasteiger partial charge in [-0.3, -0.25) is 24.3 Å². The third-order valence-electron chi connectivity index (χ3n) is 3.04. The largest absolute Gasteiger partial charge is 0.376 e. The first kappa shape index (κ1) is 14.2. The zero-order valence-electron chi connectivity index (χ0n) is 10.8. The van der Waals surface area contributed by atoms with Gasteiger partial charge in [0.15, 0.2) is 0 Å². The Morgan fingerprint density at radius 2 is 2.35 bits per heavy atom. The fourth-order valence-electron chi connectivity index (χ4n) is 1.99. The number of carbonyl (C=O) groups excluding carboxylic acids is 1. The number of nitrogens with one attached hydrogen (secondary N) is 1. The van der Waals surface area contributed by atoms with Crippen molar-refractivity contribution in [2.45, 2.75) is 25.5 Å². The molecule has 0 saturated carbocycles. The van der Waals surface area contributed by atoms with E-state index in [0.717, 1.165) is 35.7 Å². The van der Waals surface area contributed by atoms with E-state index < -0.39 is 10.5 Å². The van der Waals surface area contributed by atoms with Gasteiger partial charge in [0.05, 0.1) is 17.2 Å². The molecule has 0 aromatic carbocycles. The Kier molecular flexibility index (Phi) is 4.46. The Balaban J connectivity index is 1.94. The number of carbonyl (C=O) groups is 1. The van der Waals surface area contributed by atoms with Gasteiger partial charge in [0.1, 0.15) is 6.54 Å². The molecule has 1 atom stereocenters. The van der Waals surface area contributed by atoms with Crippen LogP contribution in [0.3, 0.4) is 0 Å². The molecule has 1 amide bonds. The molecule has 2 heterocycles. The Morgan fingerprint density at radius 3 is 3.00 bits per heavy atom. The molecule has 108 valence electrons. The molecule has 2 rings (SSSR count). The Morgan fingerprint density at radius 1 is 1.55 bits per heavy atom. The van der Waals surface area contributed by atoms with Gasteiger partial charge in [-0.15, -0.1) is 0 Å². The summed E-state index contributed by atoms with van der Waals surface area (Å²) < 4.78 is 6.37. The average molecular weight is 281 g/mol. The topological polar surface area (TPSA) is 103 Å². The number of nitrogens with zero attached hydrogens (tertiary/aromatic N) is 2. The number of amides is 1. The lowest BCUT2D eigenvalue weighted by Crippen LogP contribution is -2.36. The predicted octanol–water partition coefficient (Wildman–Crippen LogP) is 0.0517. The van der Waals surface area contributed by atoms with E-state index in [4.69, 9.17) is 4.74 Å². The number of hydrogen-bond donors (Lipinski definition) is 1. The fourth-order valence-corrected chi connectivity index (χ4v) is 1.99. The zero-order valence-corrected chi connectivity index (χ0v) is 10.8. The lowest BCUT2D eigenvalue weighted by atomic mass is 10.2. The third-order valence-corrected chi connectivity index (χ3v) is 3.04. The van der Waals surface area contributed by atoms with Crippen LogP contribution in [0.1, 0.15) is 12.8 Å². The number of pyridine rings is 1. The van der Waals surface area contributed by atoms with Crippen molar-refractivity contribution < 1.29 is 14.5 Å². The normalized spacial score (nSPS) is 17.9. The molecule has 20 heavy (non-hydrogen) atoms. The maximum atomic E-state index is 11.7. The molecule has 1 N–H and O–H groups in total. The molecule has 1 aromatic heterocycles. The highest BCUT2D eigenvalue weighted by molar-refractivity contribution is 5.75. The van der Waals surface area contributed by atoms with E-state index in [-0.39, 0.29) is 24.2 Å². The zero-order chi connectivity index (χ0) is 14.5. The van der Waals surface area contributed by atoms with Gasteiger partial charge >= 0.3 is 0 Å². The van der Waals surface area contributed by atoms with Crippen LogP contribution in [0.15, 0.2) is 23.1 Å². The highest BCUT2D eigenvalue weighted by atomic mass is 16.6. The van der Waals surface area contributed by atoms with Gasteiger partial charge in [0.2, 0.25) is 5.91 Å². The summed E-state index contributed by atoms with van der Waals surface area (Å²) in [7, 11) is 0. The molecule has 1 aliphatic rings. The van der Waals surface area contributed by atoms with Gasteiger partial charge in [-0.2, -0.15) is 0 Å². The van der Waals surface area contributed by atoms with Crippen LogP contribution in [0.2, 0.25) is 0 Å². The highest BCUT2D eigenvalue weighted by Crippen LogP contribution is 2.10. The van der Waals surface area contributed by atoms with Gasteiger partial charge in [-0.1, -0.05) is 0 Å². The minimum Gasteiger partial charge on any atom is -0.376 e. The van der Waals surface area contributed by atoms with Gasteiger partial charge < -0.3 is 10.1 Å². The van der Waals surface area contributed by atoms with Crippen LogP contribution in [0.4, 0.5) is 5.69 Å². The van der Waals surface area contributed by atoms with Gasteiger partial charge in [0.25, 0.3) is 11.2 Å². The van der Waals surface area contributed by atoms with Gasteiger partial charge in [-0.05, 0) is 12.8 Å². The molecule has 8 heteroatoms. The molecule has 8 nitrogen and oxygen atoms in total. The number of ether oxygens (including phenoxy) is 1. The Bertz CT molecular complexity index is 562. The van der Waals surface area contributed by atoms with E-state index >= 15 is 0 Å². The van der Waals surface area contributed by atoms with Crippen LogP contribution in [0, 0.1) is 10.1 Å². The van der Waals surface area contributed by atoms with Crippen LogP contribution >= 0.6 is 0 Å². The Hall–Kier alpha value is -2.22. The highest BCUT2D eigenvalue weighted by Gasteiger charge is 2.16. The van der Waals surface area contributed by atoms with Gasteiger partial charge in [-0.25, -0.2) is 0 Å². The first-order valence-electron chi connectivity index (χ1n) is 6.29. The molecule has 0 spiro atoms. The number of rotatable bonds is 5. The fraction of sp³-hybridized carbons (Fsp3) is 0.500. The molecule has 1 aromatic rings. The predicted molar refractivity (Wildman–Crippen MR) is 69.3 cm³/mol. The standard InChI is InChI=1S/C12H15N3O5/c16-11(13-6-10-2-1-5-20-10)8-14-7-9(15(18)19)3-4-12(14)17/h3-4,7,10H,1-2,5-6,8H2,(H,13,16). The molecule has 1 fully saturated rings. The second-order valence-corrected chi connectivity index (χ2v) is 4.55. The number of hydrogen-bond acceptors (Lipinski definition) is 5. The van der Waals surface area contributed by atoms with Crippen molar-refractivity contribution in [1.82, 2.24) is 9.88 Å². The molecule has 1 saturated heterocycles. The van der Waals surface area contributed by atoms with Crippen molar-refractivity contribution >= 4 is 11.6 Å². The van der Waals surface area contributed by atoms with Crippen LogP contribution in [-0.4, -0.2) is 34.7 Å². The van der Waals surface area contributed by atoms with Crippen molar-refractivity contribution in [3.8, 4) is 0 Å². The van der Waals surface area contributed by atoms with Crippen LogP contribution < -0.4 is 10.9 Å². The lowest BCUT2D eigenvalue weighted by Gasteiger charge is -2.11. The minimum atomic E-state index is -0.611. The smallest absolute Gasteiger partial charge is 0.285 e. The summed E-state index contributed by atoms with van der Waals surface area (Å²) in [5.74, 6) is -0.372. The molecular formula is C12H15N3O5. The number of aromatic nitrogens is 1. The summed E-state index contributed by atoms with van der Waals surface area (Å²) in [6.07, 6.45) is 2.95. The van der Waals surface area contributed by atoms with Crippen LogP contribution in [0.25, 0.3) is 0 Å². The summed E-state index contributed by atoms with van der Waals surface area (Å²) in [6, 6.07) is 2.19. The van der Waals surface area contributed by atoms with E-state index in [1.807, 2.05) is 0 Å². The minimum absolute atomic E-state index is 0.0146. The first-order valence-corrected chi connectivity index (χ1v) is 6.29. The van der Waals surface area contributed by atoms with Crippen molar-refractivity contribution in [3.63, 3.8) is 0 Å². The summed E-state index contributed by atoms with van der Waals surface area (Å²) >= 11 is 0. The van der Waals surface area contributed by atoms with E-state index in [0.29, 0.717) is 13.2 Å². The summed E-state index contributed by atoms with van der Waals surface area (Å²) in [5, 5.41) is 13.3. The number of nitro groups is 1. The van der Waals surface area contributed by atoms with Gasteiger partial charge in [0, 0.05) is 25.3 Å². The summed E-state index contributed by atoms with van der Waals surface area (Å²) in [4.78, 5) is 33.2. The van der Waals surface area contributed by atoms with E-state index in [2.05, 4.69) is 5.32 Å². The van der Waals surface area contributed by atoms with E-state index in [1.165, 1.54) is 0 Å². The molecule has 1 unspecified atom stereocenters. The summed E-state index contributed by atoms with van der Waals surface area (Å²) in [6.45, 7) is 0.848. The molecular weight excluding hydrogens is 266 g/mol. The van der Waals surface area contributed by atoms with Crippen molar-refractivity contribution in [2.75, 3.05) is 13.2 Å². The Labute approximate surface area is 114 Å². The van der Waals surface area contributed by atoms with Crippen molar-refractivity contribution in [3.05, 3.63) is 38.8 Å². The summed E-state index contributed by atoms with van der Waals surface area (Å²) in [5.41, 5.74) is -0.681. The molecule has 1 aliphatic heterocycles. The van der Waals surface area contributed by atoms with E-state index in [1.54, 1.807) is 0 Å². The van der Waals surface area contributed by atoms with Crippen LogP contribution in [-0.2, 0) is 16.1 Å². The van der Waals surface area contributed by atoms with Crippen molar-refractivity contribution in [1.29, 1.82) is 0 Å². The average Bonchev–Trinajstić information content (AvgIpc) is 2.92. The third kappa shape index (κ3) is 3.64. The quantitative estimate of drug-likeness (QED) is 0.606. The second kappa shape index (κ2) is 6.29. The maximum Gasteiger partial charge on any atom is 0.285 e.